The summed E-state index contributed by atoms with van der Waals surface area (Å²) in [6.07, 6.45) is 68.5. The van der Waals surface area contributed by atoms with Crippen LogP contribution in [0.25, 0.3) is 0 Å². The van der Waals surface area contributed by atoms with Crippen molar-refractivity contribution in [2.24, 2.45) is 0 Å². The van der Waals surface area contributed by atoms with Crippen LogP contribution in [-0.4, -0.2) is 37.2 Å². The third-order valence-corrected chi connectivity index (χ3v) is 8.96. The zero-order valence-corrected chi connectivity index (χ0v) is 38.4. The summed E-state index contributed by atoms with van der Waals surface area (Å²) >= 11 is 0. The van der Waals surface area contributed by atoms with Crippen LogP contribution >= 0.6 is 0 Å². The van der Waals surface area contributed by atoms with E-state index in [4.69, 9.17) is 14.2 Å². The highest BCUT2D eigenvalue weighted by molar-refractivity contribution is 5.71. The molecule has 0 saturated carbocycles. The van der Waals surface area contributed by atoms with Crippen molar-refractivity contribution in [2.45, 2.75) is 168 Å². The molecule has 0 N–H and O–H groups in total. The first-order chi connectivity index (χ1) is 30.0. The molecule has 0 fully saturated rings. The average Bonchev–Trinajstić information content (AvgIpc) is 3.26. The first kappa shape index (κ1) is 56.3. The van der Waals surface area contributed by atoms with E-state index >= 15 is 0 Å². The first-order valence-corrected chi connectivity index (χ1v) is 23.4. The van der Waals surface area contributed by atoms with Gasteiger partial charge in [-0.15, -0.1) is 0 Å². The van der Waals surface area contributed by atoms with Gasteiger partial charge in [-0.05, 0) is 89.9 Å². The van der Waals surface area contributed by atoms with Crippen molar-refractivity contribution in [1.29, 1.82) is 0 Å². The molecule has 1 atom stereocenters. The van der Waals surface area contributed by atoms with E-state index in [1.165, 1.54) is 19.3 Å². The normalized spacial score (nSPS) is 13.4. The van der Waals surface area contributed by atoms with Gasteiger partial charge in [0.2, 0.25) is 0 Å². The SMILES string of the molecule is CC\C=C/C=C\C=C/C=C\C=C/CCCC(=O)OCC(COC(=O)CC/C=C\C/C=C\C/C=C\C/C=C\C/C=C\CC)OC(=O)CCCCCCCCC/C=C\C/C=C\CC. The fraction of sp³-hybridized carbons (Fsp3) is 0.509. The Labute approximate surface area is 372 Å². The second kappa shape index (κ2) is 48.0. The minimum atomic E-state index is -0.846. The molecule has 1 unspecified atom stereocenters. The predicted molar refractivity (Wildman–Crippen MR) is 260 cm³/mol. The molecule has 0 saturated heterocycles. The van der Waals surface area contributed by atoms with Crippen molar-refractivity contribution in [1.82, 2.24) is 0 Å². The van der Waals surface area contributed by atoms with E-state index in [2.05, 4.69) is 99.8 Å². The zero-order valence-electron chi connectivity index (χ0n) is 38.4. The number of carbonyl (C=O) groups is 3. The standard InChI is InChI=1S/C55H82O6/c1-4-7-10-13-16-19-22-25-27-28-31-33-36-39-42-45-48-54(57)60-51-52(50-59-53(56)47-44-41-38-35-32-29-24-21-18-15-12-9-6-3)61-55(58)49-46-43-40-37-34-30-26-23-20-17-14-11-8-5-2/h7-12,15-21,24-25,27,29,31-33,35,38-39,42,52H,4-6,13-14,22-23,26,28,30,34,36-37,40-41,43-51H2,1-3H3/b10-7-,11-8-,12-9-,18-15-,19-16-,20-17-,24-21-,27-25-,32-29-,33-31-,38-35-,42-39-. The lowest BCUT2D eigenvalue weighted by Gasteiger charge is -2.18. The molecule has 0 aromatic rings. The van der Waals surface area contributed by atoms with E-state index in [0.717, 1.165) is 89.9 Å². The number of hydrogen-bond acceptors (Lipinski definition) is 6. The molecule has 0 aliphatic heterocycles. The molecule has 0 heterocycles. The van der Waals surface area contributed by atoms with Gasteiger partial charge in [0.1, 0.15) is 13.2 Å². The highest BCUT2D eigenvalue weighted by Gasteiger charge is 2.19. The third kappa shape index (κ3) is 46.2. The lowest BCUT2D eigenvalue weighted by Crippen LogP contribution is -2.30. The van der Waals surface area contributed by atoms with Crippen molar-refractivity contribution in [3.05, 3.63) is 146 Å². The number of unbranched alkanes of at least 4 members (excludes halogenated alkanes) is 8. The summed E-state index contributed by atoms with van der Waals surface area (Å²) in [6.45, 7) is 6.09. The number of carbonyl (C=O) groups excluding carboxylic acids is 3. The maximum atomic E-state index is 12.7. The van der Waals surface area contributed by atoms with Crippen LogP contribution in [0.5, 0.6) is 0 Å². The summed E-state index contributed by atoms with van der Waals surface area (Å²) in [6, 6.07) is 0. The number of ether oxygens (including phenoxy) is 3. The molecule has 6 nitrogen and oxygen atoms in total. The van der Waals surface area contributed by atoms with E-state index in [1.807, 2.05) is 66.8 Å². The Hall–Kier alpha value is -4.71. The van der Waals surface area contributed by atoms with E-state index in [1.54, 1.807) is 0 Å². The van der Waals surface area contributed by atoms with Gasteiger partial charge in [0.15, 0.2) is 6.10 Å². The molecule has 0 rings (SSSR count). The molecule has 0 radical (unpaired) electrons. The lowest BCUT2D eigenvalue weighted by molar-refractivity contribution is -0.166. The molecule has 0 aliphatic rings. The maximum Gasteiger partial charge on any atom is 0.306 e. The van der Waals surface area contributed by atoms with Gasteiger partial charge in [-0.3, -0.25) is 14.4 Å². The Balaban J connectivity index is 4.65. The molecule has 61 heavy (non-hydrogen) atoms. The molecule has 0 aromatic heterocycles. The molecular formula is C55H82O6. The van der Waals surface area contributed by atoms with Gasteiger partial charge < -0.3 is 14.2 Å². The Morgan fingerprint density at radius 1 is 0.344 bits per heavy atom. The Morgan fingerprint density at radius 3 is 1.25 bits per heavy atom. The largest absolute Gasteiger partial charge is 0.462 e. The zero-order chi connectivity index (χ0) is 44.4. The van der Waals surface area contributed by atoms with Gasteiger partial charge in [0, 0.05) is 19.3 Å². The first-order valence-electron chi connectivity index (χ1n) is 23.4. The van der Waals surface area contributed by atoms with Gasteiger partial charge in [-0.1, -0.05) is 199 Å². The summed E-state index contributed by atoms with van der Waals surface area (Å²) in [5.41, 5.74) is 0. The van der Waals surface area contributed by atoms with Crippen LogP contribution in [0, 0.1) is 0 Å². The van der Waals surface area contributed by atoms with Gasteiger partial charge >= 0.3 is 17.9 Å². The van der Waals surface area contributed by atoms with Gasteiger partial charge in [0.05, 0.1) is 0 Å². The Bertz CT molecular complexity index is 1430. The fourth-order valence-corrected chi connectivity index (χ4v) is 5.56. The van der Waals surface area contributed by atoms with Crippen molar-refractivity contribution < 1.29 is 28.6 Å². The molecule has 0 amide bonds. The minimum Gasteiger partial charge on any atom is -0.462 e. The van der Waals surface area contributed by atoms with Gasteiger partial charge in [-0.2, -0.15) is 0 Å². The van der Waals surface area contributed by atoms with E-state index < -0.39 is 6.10 Å². The summed E-state index contributed by atoms with van der Waals surface area (Å²) in [7, 11) is 0. The lowest BCUT2D eigenvalue weighted by atomic mass is 10.1. The number of hydrogen-bond donors (Lipinski definition) is 0. The average molecular weight is 839 g/mol. The predicted octanol–water partition coefficient (Wildman–Crippen LogP) is 15.3. The quantitative estimate of drug-likeness (QED) is 0.0202. The minimum absolute atomic E-state index is 0.148. The topological polar surface area (TPSA) is 78.9 Å². The van der Waals surface area contributed by atoms with Crippen molar-refractivity contribution in [3.8, 4) is 0 Å². The number of rotatable bonds is 39. The van der Waals surface area contributed by atoms with Crippen LogP contribution in [0.4, 0.5) is 0 Å². The van der Waals surface area contributed by atoms with E-state index in [9.17, 15) is 14.4 Å². The van der Waals surface area contributed by atoms with Crippen LogP contribution in [-0.2, 0) is 28.6 Å². The molecule has 0 aliphatic carbocycles. The summed E-state index contributed by atoms with van der Waals surface area (Å²) in [5, 5.41) is 0. The molecular weight excluding hydrogens is 757 g/mol. The summed E-state index contributed by atoms with van der Waals surface area (Å²) < 4.78 is 16.6. The highest BCUT2D eigenvalue weighted by Crippen LogP contribution is 2.12. The van der Waals surface area contributed by atoms with Crippen LogP contribution in [0.2, 0.25) is 0 Å². The van der Waals surface area contributed by atoms with E-state index in [0.29, 0.717) is 12.8 Å². The van der Waals surface area contributed by atoms with Crippen LogP contribution in [0.3, 0.4) is 0 Å². The van der Waals surface area contributed by atoms with Crippen molar-refractivity contribution >= 4 is 17.9 Å². The molecule has 6 heteroatoms. The Kier molecular flexibility index (Phi) is 44.3. The van der Waals surface area contributed by atoms with Gasteiger partial charge in [0.25, 0.3) is 0 Å². The molecule has 0 spiro atoms. The third-order valence-electron chi connectivity index (χ3n) is 8.96. The van der Waals surface area contributed by atoms with E-state index in [-0.39, 0.29) is 50.4 Å². The van der Waals surface area contributed by atoms with Gasteiger partial charge in [-0.25, -0.2) is 0 Å². The maximum absolute atomic E-state index is 12.7. The summed E-state index contributed by atoms with van der Waals surface area (Å²) in [4.78, 5) is 37.8. The second-order valence-corrected chi connectivity index (χ2v) is 14.6. The van der Waals surface area contributed by atoms with Crippen molar-refractivity contribution in [3.63, 3.8) is 0 Å². The molecule has 0 bridgehead atoms. The second-order valence-electron chi connectivity index (χ2n) is 14.6. The molecule has 0 aromatic carbocycles. The fourth-order valence-electron chi connectivity index (χ4n) is 5.56. The number of esters is 3. The molecule has 338 valence electrons. The summed E-state index contributed by atoms with van der Waals surface area (Å²) in [5.74, 6) is -1.12. The highest BCUT2D eigenvalue weighted by atomic mass is 16.6. The van der Waals surface area contributed by atoms with Crippen molar-refractivity contribution in [2.75, 3.05) is 13.2 Å². The number of allylic oxidation sites excluding steroid dienone is 24. The van der Waals surface area contributed by atoms with Crippen LogP contribution < -0.4 is 0 Å². The smallest absolute Gasteiger partial charge is 0.306 e. The Morgan fingerprint density at radius 2 is 0.721 bits per heavy atom. The van der Waals surface area contributed by atoms with Crippen LogP contribution in [0.1, 0.15) is 162 Å². The monoisotopic (exact) mass is 839 g/mol. The van der Waals surface area contributed by atoms with Crippen LogP contribution in [0.15, 0.2) is 146 Å².